The van der Waals surface area contributed by atoms with Gasteiger partial charge in [0.15, 0.2) is 6.29 Å². The van der Waals surface area contributed by atoms with Crippen LogP contribution in [0.4, 0.5) is 0 Å². The van der Waals surface area contributed by atoms with Gasteiger partial charge >= 0.3 is 0 Å². The summed E-state index contributed by atoms with van der Waals surface area (Å²) in [6.07, 6.45) is 0.978. The Morgan fingerprint density at radius 3 is 2.90 bits per heavy atom. The van der Waals surface area contributed by atoms with E-state index in [0.717, 1.165) is 13.0 Å². The van der Waals surface area contributed by atoms with Crippen LogP contribution in [0.3, 0.4) is 0 Å². The van der Waals surface area contributed by atoms with Gasteiger partial charge in [0.05, 0.1) is 19.3 Å². The minimum atomic E-state index is -0.0649. The molecule has 0 radical (unpaired) electrons. The molecule has 1 heterocycles. The molecule has 0 saturated carbocycles. The molecular weight excluding hydrogens is 132 g/mol. The summed E-state index contributed by atoms with van der Waals surface area (Å²) >= 11 is 0. The van der Waals surface area contributed by atoms with E-state index in [-0.39, 0.29) is 12.4 Å². The van der Waals surface area contributed by atoms with Gasteiger partial charge in [-0.1, -0.05) is 0 Å². The summed E-state index contributed by atoms with van der Waals surface area (Å²) in [7, 11) is 1.65. The molecule has 0 amide bonds. The number of methoxy groups -OCH3 is 1. The Morgan fingerprint density at radius 1 is 1.40 bits per heavy atom. The molecule has 1 fully saturated rings. The van der Waals surface area contributed by atoms with E-state index in [9.17, 15) is 0 Å². The number of rotatable bonds is 1. The fourth-order valence-electron chi connectivity index (χ4n) is 0.926. The Bertz CT molecular complexity index is 94.9. The fourth-order valence-corrected chi connectivity index (χ4v) is 0.926. The highest BCUT2D eigenvalue weighted by Gasteiger charge is 2.15. The molecule has 3 heteroatoms. The maximum absolute atomic E-state index is 5.33. The van der Waals surface area contributed by atoms with Crippen LogP contribution < -0.4 is 0 Å². The van der Waals surface area contributed by atoms with Gasteiger partial charge < -0.3 is 14.2 Å². The molecule has 60 valence electrons. The molecule has 1 aliphatic rings. The summed E-state index contributed by atoms with van der Waals surface area (Å²) in [6, 6.07) is 0. The van der Waals surface area contributed by atoms with Crippen LogP contribution in [0.5, 0.6) is 0 Å². The molecule has 0 aromatic carbocycles. The summed E-state index contributed by atoms with van der Waals surface area (Å²) in [5.41, 5.74) is 0. The van der Waals surface area contributed by atoms with Crippen LogP contribution in [0.15, 0.2) is 0 Å². The van der Waals surface area contributed by atoms with Gasteiger partial charge in [-0.25, -0.2) is 0 Å². The van der Waals surface area contributed by atoms with E-state index in [2.05, 4.69) is 0 Å². The van der Waals surface area contributed by atoms with Gasteiger partial charge in [0.2, 0.25) is 0 Å². The van der Waals surface area contributed by atoms with Crippen LogP contribution in [0.2, 0.25) is 0 Å². The van der Waals surface area contributed by atoms with Gasteiger partial charge in [-0.3, -0.25) is 0 Å². The van der Waals surface area contributed by atoms with Crippen molar-refractivity contribution >= 4 is 0 Å². The third-order valence-electron chi connectivity index (χ3n) is 1.54. The summed E-state index contributed by atoms with van der Waals surface area (Å²) in [4.78, 5) is 0. The van der Waals surface area contributed by atoms with Crippen molar-refractivity contribution in [2.75, 3.05) is 20.3 Å². The zero-order valence-electron chi connectivity index (χ0n) is 6.50. The van der Waals surface area contributed by atoms with Gasteiger partial charge in [0.25, 0.3) is 0 Å². The quantitative estimate of drug-likeness (QED) is 0.547. The molecule has 10 heavy (non-hydrogen) atoms. The summed E-state index contributed by atoms with van der Waals surface area (Å²) in [5.74, 6) is 0. The van der Waals surface area contributed by atoms with Crippen LogP contribution in [0, 0.1) is 0 Å². The second kappa shape index (κ2) is 3.91. The predicted molar refractivity (Wildman–Crippen MR) is 36.8 cm³/mol. The van der Waals surface area contributed by atoms with E-state index in [0.29, 0.717) is 6.61 Å². The molecule has 0 bridgehead atoms. The Hall–Kier alpha value is -0.120. The number of ether oxygens (including phenoxy) is 3. The van der Waals surface area contributed by atoms with Crippen molar-refractivity contribution in [1.82, 2.24) is 0 Å². The highest BCUT2D eigenvalue weighted by molar-refractivity contribution is 4.55. The van der Waals surface area contributed by atoms with Crippen LogP contribution in [0.25, 0.3) is 0 Å². The van der Waals surface area contributed by atoms with Crippen molar-refractivity contribution in [2.24, 2.45) is 0 Å². The van der Waals surface area contributed by atoms with Gasteiger partial charge in [0.1, 0.15) is 0 Å². The van der Waals surface area contributed by atoms with E-state index in [1.165, 1.54) is 0 Å². The first-order valence-corrected chi connectivity index (χ1v) is 3.59. The zero-order chi connectivity index (χ0) is 7.40. The van der Waals surface area contributed by atoms with Crippen molar-refractivity contribution in [3.63, 3.8) is 0 Å². The molecule has 2 unspecified atom stereocenters. The number of hydrogen-bond acceptors (Lipinski definition) is 3. The average molecular weight is 146 g/mol. The first kappa shape index (κ1) is 7.98. The molecule has 3 nitrogen and oxygen atoms in total. The molecule has 1 rings (SSSR count). The average Bonchev–Trinajstić information content (AvgIpc) is 2.14. The van der Waals surface area contributed by atoms with E-state index in [1.54, 1.807) is 7.11 Å². The maximum Gasteiger partial charge on any atom is 0.159 e. The Kier molecular flexibility index (Phi) is 3.12. The van der Waals surface area contributed by atoms with Gasteiger partial charge in [0, 0.05) is 13.5 Å². The highest BCUT2D eigenvalue weighted by Crippen LogP contribution is 2.07. The molecule has 0 spiro atoms. The van der Waals surface area contributed by atoms with E-state index in [1.807, 2.05) is 6.92 Å². The largest absolute Gasteiger partial charge is 0.376 e. The third-order valence-corrected chi connectivity index (χ3v) is 1.54. The zero-order valence-corrected chi connectivity index (χ0v) is 6.50. The van der Waals surface area contributed by atoms with Gasteiger partial charge in [-0.05, 0) is 6.92 Å². The smallest absolute Gasteiger partial charge is 0.159 e. The van der Waals surface area contributed by atoms with Crippen molar-refractivity contribution in [1.29, 1.82) is 0 Å². The molecule has 0 aromatic heterocycles. The molecule has 0 aromatic rings. The molecule has 0 N–H and O–H groups in total. The Labute approximate surface area is 61.3 Å². The van der Waals surface area contributed by atoms with Crippen LogP contribution >= 0.6 is 0 Å². The standard InChI is InChI=1S/C7H14O3/c1-6-5-10-7(8-2)3-4-9-6/h6-7H,3-5H2,1-2H3. The monoisotopic (exact) mass is 146 g/mol. The Morgan fingerprint density at radius 2 is 2.20 bits per heavy atom. The molecule has 1 aliphatic heterocycles. The molecule has 0 aliphatic carbocycles. The minimum absolute atomic E-state index is 0.0649. The van der Waals surface area contributed by atoms with E-state index >= 15 is 0 Å². The second-order valence-electron chi connectivity index (χ2n) is 2.47. The fraction of sp³-hybridized carbons (Fsp3) is 1.00. The summed E-state index contributed by atoms with van der Waals surface area (Å²) in [5, 5.41) is 0. The SMILES string of the molecule is COC1CCOC(C)CO1. The normalized spacial score (nSPS) is 35.4. The van der Waals surface area contributed by atoms with Crippen molar-refractivity contribution in [2.45, 2.75) is 25.7 Å². The molecule has 1 saturated heterocycles. The maximum atomic E-state index is 5.33. The molecular formula is C7H14O3. The van der Waals surface area contributed by atoms with Crippen LogP contribution in [-0.4, -0.2) is 32.7 Å². The third kappa shape index (κ3) is 2.25. The van der Waals surface area contributed by atoms with Gasteiger partial charge in [-0.15, -0.1) is 0 Å². The topological polar surface area (TPSA) is 27.7 Å². The van der Waals surface area contributed by atoms with Crippen LogP contribution in [0.1, 0.15) is 13.3 Å². The van der Waals surface area contributed by atoms with Crippen molar-refractivity contribution < 1.29 is 14.2 Å². The molecule has 2 atom stereocenters. The lowest BCUT2D eigenvalue weighted by Crippen LogP contribution is -2.17. The highest BCUT2D eigenvalue weighted by atomic mass is 16.7. The van der Waals surface area contributed by atoms with E-state index < -0.39 is 0 Å². The first-order chi connectivity index (χ1) is 4.83. The van der Waals surface area contributed by atoms with Crippen LogP contribution in [-0.2, 0) is 14.2 Å². The van der Waals surface area contributed by atoms with Crippen molar-refractivity contribution in [3.05, 3.63) is 0 Å². The lowest BCUT2D eigenvalue weighted by molar-refractivity contribution is -0.122. The van der Waals surface area contributed by atoms with E-state index in [4.69, 9.17) is 14.2 Å². The lowest BCUT2D eigenvalue weighted by Gasteiger charge is -2.11. The summed E-state index contributed by atoms with van der Waals surface area (Å²) < 4.78 is 15.7. The van der Waals surface area contributed by atoms with Gasteiger partial charge in [-0.2, -0.15) is 0 Å². The summed E-state index contributed by atoms with van der Waals surface area (Å²) in [6.45, 7) is 3.37. The predicted octanol–water partition coefficient (Wildman–Crippen LogP) is 0.784. The Balaban J connectivity index is 2.26. The minimum Gasteiger partial charge on any atom is -0.376 e. The lowest BCUT2D eigenvalue weighted by atomic mass is 10.4. The second-order valence-corrected chi connectivity index (χ2v) is 2.47. The number of hydrogen-bond donors (Lipinski definition) is 0. The van der Waals surface area contributed by atoms with Crippen molar-refractivity contribution in [3.8, 4) is 0 Å². The first-order valence-electron chi connectivity index (χ1n) is 3.59.